The molecule has 0 amide bonds. The summed E-state index contributed by atoms with van der Waals surface area (Å²) in [7, 11) is 0. The Labute approximate surface area is 95.0 Å². The van der Waals surface area contributed by atoms with E-state index >= 15 is 0 Å². The van der Waals surface area contributed by atoms with E-state index in [0.717, 1.165) is 0 Å². The molecule has 0 saturated carbocycles. The van der Waals surface area contributed by atoms with Crippen LogP contribution in [0.1, 0.15) is 19.4 Å². The van der Waals surface area contributed by atoms with Crippen molar-refractivity contribution in [2.45, 2.75) is 32.4 Å². The van der Waals surface area contributed by atoms with Gasteiger partial charge in [-0.2, -0.15) is 0 Å². The molecular weight excluding hydrogens is 206 g/mol. The smallest absolute Gasteiger partial charge is 0.323 e. The first kappa shape index (κ1) is 12.5. The highest BCUT2D eigenvalue weighted by molar-refractivity contribution is 5.76. The largest absolute Gasteiger partial charge is 0.508 e. The van der Waals surface area contributed by atoms with Gasteiger partial charge >= 0.3 is 5.97 Å². The average Bonchev–Trinajstić information content (AvgIpc) is 2.20. The second-order valence-corrected chi connectivity index (χ2v) is 3.92. The number of hydrogen-bond donors (Lipinski definition) is 2. The van der Waals surface area contributed by atoms with Crippen LogP contribution in [0.2, 0.25) is 0 Å². The number of rotatable bonds is 4. The molecule has 0 aliphatic heterocycles. The van der Waals surface area contributed by atoms with Crippen LogP contribution in [-0.2, 0) is 16.0 Å². The Morgan fingerprint density at radius 3 is 2.62 bits per heavy atom. The van der Waals surface area contributed by atoms with Gasteiger partial charge in [0.2, 0.25) is 0 Å². The fourth-order valence-corrected chi connectivity index (χ4v) is 1.32. The van der Waals surface area contributed by atoms with E-state index in [9.17, 15) is 9.90 Å². The van der Waals surface area contributed by atoms with E-state index in [4.69, 9.17) is 10.5 Å². The first-order valence-corrected chi connectivity index (χ1v) is 5.23. The Kier molecular flexibility index (Phi) is 4.31. The van der Waals surface area contributed by atoms with Gasteiger partial charge in [0.15, 0.2) is 0 Å². The highest BCUT2D eigenvalue weighted by atomic mass is 16.5. The first-order valence-electron chi connectivity index (χ1n) is 5.23. The summed E-state index contributed by atoms with van der Waals surface area (Å²) in [6.45, 7) is 3.54. The number of aromatic hydroxyl groups is 1. The lowest BCUT2D eigenvalue weighted by Gasteiger charge is -2.14. The van der Waals surface area contributed by atoms with Gasteiger partial charge in [0.05, 0.1) is 6.10 Å². The molecule has 0 bridgehead atoms. The summed E-state index contributed by atoms with van der Waals surface area (Å²) in [5.74, 6) is -0.298. The van der Waals surface area contributed by atoms with E-state index in [1.165, 1.54) is 0 Å². The van der Waals surface area contributed by atoms with Crippen molar-refractivity contribution in [3.05, 3.63) is 29.8 Å². The number of benzene rings is 1. The highest BCUT2D eigenvalue weighted by Gasteiger charge is 2.18. The molecule has 0 spiro atoms. The lowest BCUT2D eigenvalue weighted by molar-refractivity contribution is -0.148. The Balaban J connectivity index is 2.61. The second kappa shape index (κ2) is 5.51. The van der Waals surface area contributed by atoms with E-state index in [1.54, 1.807) is 38.1 Å². The number of carbonyl (C=O) groups is 1. The van der Waals surface area contributed by atoms with Gasteiger partial charge < -0.3 is 15.6 Å². The van der Waals surface area contributed by atoms with Crippen molar-refractivity contribution in [1.82, 2.24) is 0 Å². The van der Waals surface area contributed by atoms with E-state index in [2.05, 4.69) is 0 Å². The molecule has 0 radical (unpaired) electrons. The number of phenolic OH excluding ortho intramolecular Hbond substituents is 1. The maximum absolute atomic E-state index is 11.4. The molecule has 0 aliphatic carbocycles. The topological polar surface area (TPSA) is 72.5 Å². The lowest BCUT2D eigenvalue weighted by atomic mass is 10.1. The van der Waals surface area contributed by atoms with Crippen LogP contribution in [0, 0.1) is 0 Å². The van der Waals surface area contributed by atoms with Gasteiger partial charge in [-0.1, -0.05) is 18.2 Å². The molecular formula is C12H17NO3. The normalized spacial score (nSPS) is 12.5. The van der Waals surface area contributed by atoms with Crippen LogP contribution in [-0.4, -0.2) is 23.2 Å². The Hall–Kier alpha value is -1.55. The number of phenols is 1. The summed E-state index contributed by atoms with van der Waals surface area (Å²) in [6, 6.07) is 6.07. The molecule has 1 aromatic rings. The van der Waals surface area contributed by atoms with Crippen LogP contribution in [0.15, 0.2) is 24.3 Å². The van der Waals surface area contributed by atoms with Crippen LogP contribution >= 0.6 is 0 Å². The summed E-state index contributed by atoms with van der Waals surface area (Å²) >= 11 is 0. The van der Waals surface area contributed by atoms with Crippen molar-refractivity contribution in [2.75, 3.05) is 0 Å². The van der Waals surface area contributed by atoms with Crippen molar-refractivity contribution >= 4 is 5.97 Å². The van der Waals surface area contributed by atoms with Crippen molar-refractivity contribution in [1.29, 1.82) is 0 Å². The third kappa shape index (κ3) is 3.55. The second-order valence-electron chi connectivity index (χ2n) is 3.92. The predicted molar refractivity (Wildman–Crippen MR) is 61.0 cm³/mol. The van der Waals surface area contributed by atoms with Crippen LogP contribution < -0.4 is 5.73 Å². The van der Waals surface area contributed by atoms with Gasteiger partial charge in [-0.3, -0.25) is 4.79 Å². The summed E-state index contributed by atoms with van der Waals surface area (Å²) in [6.07, 6.45) is 0.0982. The van der Waals surface area contributed by atoms with Crippen molar-refractivity contribution < 1.29 is 14.6 Å². The van der Waals surface area contributed by atoms with Crippen LogP contribution in [0.25, 0.3) is 0 Å². The molecule has 4 nitrogen and oxygen atoms in total. The zero-order chi connectivity index (χ0) is 12.1. The molecule has 1 unspecified atom stereocenters. The van der Waals surface area contributed by atoms with E-state index in [0.29, 0.717) is 5.56 Å². The molecule has 0 heterocycles. The molecule has 1 aromatic carbocycles. The Morgan fingerprint density at radius 1 is 1.44 bits per heavy atom. The zero-order valence-electron chi connectivity index (χ0n) is 9.51. The number of ether oxygens (including phenoxy) is 1. The highest BCUT2D eigenvalue weighted by Crippen LogP contribution is 2.17. The van der Waals surface area contributed by atoms with Crippen molar-refractivity contribution in [3.63, 3.8) is 0 Å². The number of hydrogen-bond acceptors (Lipinski definition) is 4. The van der Waals surface area contributed by atoms with E-state index < -0.39 is 12.0 Å². The predicted octanol–water partition coefficient (Wildman–Crippen LogP) is 1.21. The van der Waals surface area contributed by atoms with Crippen LogP contribution in [0.4, 0.5) is 0 Å². The number of esters is 1. The monoisotopic (exact) mass is 223 g/mol. The molecule has 0 saturated heterocycles. The molecule has 4 heteroatoms. The standard InChI is InChI=1S/C12H17NO3/c1-8(2)16-12(15)10(13)7-9-5-3-4-6-11(9)14/h3-6,8,10,14H,7,13H2,1-2H3. The summed E-state index contributed by atoms with van der Waals surface area (Å²) in [5.41, 5.74) is 6.33. The summed E-state index contributed by atoms with van der Waals surface area (Å²) in [4.78, 5) is 11.4. The Bertz CT molecular complexity index is 363. The maximum atomic E-state index is 11.4. The average molecular weight is 223 g/mol. The maximum Gasteiger partial charge on any atom is 0.323 e. The van der Waals surface area contributed by atoms with Crippen molar-refractivity contribution in [3.8, 4) is 5.75 Å². The molecule has 3 N–H and O–H groups in total. The molecule has 1 atom stereocenters. The quantitative estimate of drug-likeness (QED) is 0.753. The molecule has 88 valence electrons. The van der Waals surface area contributed by atoms with Crippen molar-refractivity contribution in [2.24, 2.45) is 5.73 Å². The van der Waals surface area contributed by atoms with Crippen LogP contribution in [0.3, 0.4) is 0 Å². The number of nitrogens with two attached hydrogens (primary N) is 1. The summed E-state index contributed by atoms with van der Waals surface area (Å²) in [5, 5.41) is 9.52. The van der Waals surface area contributed by atoms with Gasteiger partial charge in [-0.15, -0.1) is 0 Å². The Morgan fingerprint density at radius 2 is 2.06 bits per heavy atom. The van der Waals surface area contributed by atoms with Gasteiger partial charge in [-0.05, 0) is 25.5 Å². The van der Waals surface area contributed by atoms with E-state index in [1.807, 2.05) is 0 Å². The number of para-hydroxylation sites is 1. The molecule has 0 fully saturated rings. The lowest BCUT2D eigenvalue weighted by Crippen LogP contribution is -2.35. The minimum atomic E-state index is -0.740. The molecule has 1 rings (SSSR count). The van der Waals surface area contributed by atoms with Gasteiger partial charge in [0, 0.05) is 6.42 Å². The molecule has 0 aromatic heterocycles. The third-order valence-corrected chi connectivity index (χ3v) is 2.09. The SMILES string of the molecule is CC(C)OC(=O)C(N)Cc1ccccc1O. The van der Waals surface area contributed by atoms with Gasteiger partial charge in [-0.25, -0.2) is 0 Å². The van der Waals surface area contributed by atoms with Gasteiger partial charge in [0.1, 0.15) is 11.8 Å². The zero-order valence-corrected chi connectivity index (χ0v) is 9.51. The first-order chi connectivity index (χ1) is 7.50. The fourth-order valence-electron chi connectivity index (χ4n) is 1.32. The van der Waals surface area contributed by atoms with Gasteiger partial charge in [0.25, 0.3) is 0 Å². The molecule has 0 aliphatic rings. The minimum Gasteiger partial charge on any atom is -0.508 e. The third-order valence-electron chi connectivity index (χ3n) is 2.09. The summed E-state index contributed by atoms with van der Waals surface area (Å²) < 4.78 is 4.98. The van der Waals surface area contributed by atoms with Crippen LogP contribution in [0.5, 0.6) is 5.75 Å². The fraction of sp³-hybridized carbons (Fsp3) is 0.417. The minimum absolute atomic E-state index is 0.148. The molecule has 16 heavy (non-hydrogen) atoms. The number of carbonyl (C=O) groups excluding carboxylic acids is 1. The van der Waals surface area contributed by atoms with E-state index in [-0.39, 0.29) is 18.3 Å².